The Labute approximate surface area is 159 Å². The first-order valence-corrected chi connectivity index (χ1v) is 9.54. The second-order valence-electron chi connectivity index (χ2n) is 7.55. The molecule has 0 saturated carbocycles. The summed E-state index contributed by atoms with van der Waals surface area (Å²) < 4.78 is 7.46. The second kappa shape index (κ2) is 7.60. The normalized spacial score (nSPS) is 16.1. The smallest absolute Gasteiger partial charge is 0.227 e. The van der Waals surface area contributed by atoms with Crippen LogP contribution in [0, 0.1) is 19.8 Å². The van der Waals surface area contributed by atoms with Crippen molar-refractivity contribution in [1.82, 2.24) is 29.8 Å². The number of piperidine rings is 1. The summed E-state index contributed by atoms with van der Waals surface area (Å²) in [5.41, 5.74) is 4.27. The summed E-state index contributed by atoms with van der Waals surface area (Å²) in [5.74, 6) is 1.89. The lowest BCUT2D eigenvalue weighted by atomic mass is 9.93. The molecule has 7 heteroatoms. The number of hydrogen-bond donors (Lipinski definition) is 0. The number of aromatic nitrogens is 5. The Morgan fingerprint density at radius 3 is 2.70 bits per heavy atom. The molecule has 0 N–H and O–H groups in total. The Morgan fingerprint density at radius 2 is 2.00 bits per heavy atom. The average molecular weight is 366 g/mol. The van der Waals surface area contributed by atoms with Crippen molar-refractivity contribution >= 4 is 0 Å². The van der Waals surface area contributed by atoms with Crippen molar-refractivity contribution in [3.8, 4) is 11.5 Å². The standard InChI is InChI=1S/C20H26N6O/c1-14-4-7-21-18(10-14)20-22-19(27-24-20)12-16-5-8-26(9-6-16)13-17-11-15(2)23-25(17)3/h4,7,10-11,16H,5-6,8-9,12-13H2,1-3H3. The molecule has 0 atom stereocenters. The van der Waals surface area contributed by atoms with Crippen molar-refractivity contribution in [1.29, 1.82) is 0 Å². The van der Waals surface area contributed by atoms with Gasteiger partial charge in [-0.05, 0) is 69.5 Å². The van der Waals surface area contributed by atoms with E-state index in [0.29, 0.717) is 17.6 Å². The van der Waals surface area contributed by atoms with Gasteiger partial charge >= 0.3 is 0 Å². The summed E-state index contributed by atoms with van der Waals surface area (Å²) >= 11 is 0. The number of rotatable bonds is 5. The largest absolute Gasteiger partial charge is 0.339 e. The third kappa shape index (κ3) is 4.24. The summed E-state index contributed by atoms with van der Waals surface area (Å²) in [5, 5.41) is 8.54. The van der Waals surface area contributed by atoms with Gasteiger partial charge in [-0.3, -0.25) is 14.6 Å². The molecular formula is C20H26N6O. The van der Waals surface area contributed by atoms with Crippen LogP contribution in [0.5, 0.6) is 0 Å². The third-order valence-corrected chi connectivity index (χ3v) is 5.27. The Balaban J connectivity index is 1.31. The predicted molar refractivity (Wildman–Crippen MR) is 102 cm³/mol. The van der Waals surface area contributed by atoms with E-state index in [-0.39, 0.29) is 0 Å². The molecule has 1 saturated heterocycles. The van der Waals surface area contributed by atoms with Crippen LogP contribution in [0.1, 0.15) is 35.7 Å². The molecule has 3 aromatic rings. The molecule has 0 bridgehead atoms. The van der Waals surface area contributed by atoms with E-state index in [1.165, 1.54) is 5.69 Å². The highest BCUT2D eigenvalue weighted by Gasteiger charge is 2.23. The molecular weight excluding hydrogens is 340 g/mol. The fourth-order valence-electron chi connectivity index (χ4n) is 3.74. The first-order valence-electron chi connectivity index (χ1n) is 9.54. The molecule has 0 radical (unpaired) electrons. The van der Waals surface area contributed by atoms with Crippen LogP contribution in [-0.2, 0) is 20.0 Å². The van der Waals surface area contributed by atoms with Crippen LogP contribution >= 0.6 is 0 Å². The predicted octanol–water partition coefficient (Wildman–Crippen LogP) is 2.94. The lowest BCUT2D eigenvalue weighted by Crippen LogP contribution is -2.34. The van der Waals surface area contributed by atoms with Crippen LogP contribution in [0.2, 0.25) is 0 Å². The summed E-state index contributed by atoms with van der Waals surface area (Å²) in [7, 11) is 2.02. The Bertz CT molecular complexity index is 907. The van der Waals surface area contributed by atoms with Crippen LogP contribution in [0.4, 0.5) is 0 Å². The van der Waals surface area contributed by atoms with E-state index in [1.807, 2.05) is 37.7 Å². The van der Waals surface area contributed by atoms with Gasteiger partial charge in [0, 0.05) is 26.2 Å². The molecule has 0 spiro atoms. The SMILES string of the molecule is Cc1ccnc(-c2noc(CC3CCN(Cc4cc(C)nn4C)CC3)n2)c1. The minimum atomic E-state index is 0.581. The van der Waals surface area contributed by atoms with E-state index >= 15 is 0 Å². The first kappa shape index (κ1) is 17.9. The highest BCUT2D eigenvalue weighted by molar-refractivity contribution is 5.48. The number of pyridine rings is 1. The molecule has 1 aliphatic rings. The lowest BCUT2D eigenvalue weighted by Gasteiger charge is -2.31. The van der Waals surface area contributed by atoms with Gasteiger partial charge in [-0.1, -0.05) is 5.16 Å². The van der Waals surface area contributed by atoms with Gasteiger partial charge in [0.15, 0.2) is 0 Å². The van der Waals surface area contributed by atoms with Gasteiger partial charge in [-0.2, -0.15) is 10.1 Å². The lowest BCUT2D eigenvalue weighted by molar-refractivity contribution is 0.167. The molecule has 142 valence electrons. The topological polar surface area (TPSA) is 72.9 Å². The molecule has 0 unspecified atom stereocenters. The number of hydrogen-bond acceptors (Lipinski definition) is 6. The maximum absolute atomic E-state index is 5.48. The minimum absolute atomic E-state index is 0.581. The first-order chi connectivity index (χ1) is 13.1. The summed E-state index contributed by atoms with van der Waals surface area (Å²) in [6, 6.07) is 6.11. The third-order valence-electron chi connectivity index (χ3n) is 5.27. The van der Waals surface area contributed by atoms with Crippen LogP contribution in [0.25, 0.3) is 11.5 Å². The Morgan fingerprint density at radius 1 is 1.19 bits per heavy atom. The van der Waals surface area contributed by atoms with E-state index in [0.717, 1.165) is 55.8 Å². The maximum atomic E-state index is 5.48. The Kier molecular flexibility index (Phi) is 5.03. The molecule has 3 aromatic heterocycles. The van der Waals surface area contributed by atoms with Gasteiger partial charge in [0.2, 0.25) is 11.7 Å². The Hall–Kier alpha value is -2.54. The molecule has 27 heavy (non-hydrogen) atoms. The van der Waals surface area contributed by atoms with Crippen molar-refractivity contribution in [3.63, 3.8) is 0 Å². The number of nitrogens with zero attached hydrogens (tertiary/aromatic N) is 6. The van der Waals surface area contributed by atoms with Crippen LogP contribution < -0.4 is 0 Å². The molecule has 0 aromatic carbocycles. The average Bonchev–Trinajstić information content (AvgIpc) is 3.23. The monoisotopic (exact) mass is 366 g/mol. The second-order valence-corrected chi connectivity index (χ2v) is 7.55. The van der Waals surface area contributed by atoms with Gasteiger partial charge in [-0.25, -0.2) is 0 Å². The van der Waals surface area contributed by atoms with E-state index in [4.69, 9.17) is 4.52 Å². The maximum Gasteiger partial charge on any atom is 0.227 e. The zero-order valence-electron chi connectivity index (χ0n) is 16.2. The van der Waals surface area contributed by atoms with Crippen molar-refractivity contribution in [3.05, 3.63) is 47.2 Å². The zero-order chi connectivity index (χ0) is 18.8. The van der Waals surface area contributed by atoms with Gasteiger partial charge < -0.3 is 4.52 Å². The molecule has 7 nitrogen and oxygen atoms in total. The van der Waals surface area contributed by atoms with Crippen molar-refractivity contribution in [2.45, 2.75) is 39.7 Å². The van der Waals surface area contributed by atoms with Crippen LogP contribution in [-0.4, -0.2) is 42.9 Å². The fourth-order valence-corrected chi connectivity index (χ4v) is 3.74. The highest BCUT2D eigenvalue weighted by atomic mass is 16.5. The summed E-state index contributed by atoms with van der Waals surface area (Å²) in [4.78, 5) is 11.4. The van der Waals surface area contributed by atoms with Crippen molar-refractivity contribution < 1.29 is 4.52 Å². The van der Waals surface area contributed by atoms with E-state index in [1.54, 1.807) is 6.20 Å². The van der Waals surface area contributed by atoms with E-state index in [9.17, 15) is 0 Å². The minimum Gasteiger partial charge on any atom is -0.339 e. The van der Waals surface area contributed by atoms with Gasteiger partial charge in [0.25, 0.3) is 0 Å². The molecule has 1 aliphatic heterocycles. The molecule has 0 amide bonds. The van der Waals surface area contributed by atoms with E-state index < -0.39 is 0 Å². The van der Waals surface area contributed by atoms with Crippen LogP contribution in [0.15, 0.2) is 28.9 Å². The van der Waals surface area contributed by atoms with Crippen molar-refractivity contribution in [2.24, 2.45) is 13.0 Å². The van der Waals surface area contributed by atoms with Gasteiger partial charge in [-0.15, -0.1) is 0 Å². The van der Waals surface area contributed by atoms with Gasteiger partial charge in [0.1, 0.15) is 5.69 Å². The van der Waals surface area contributed by atoms with Crippen LogP contribution in [0.3, 0.4) is 0 Å². The zero-order valence-corrected chi connectivity index (χ0v) is 16.2. The summed E-state index contributed by atoms with van der Waals surface area (Å²) in [6.07, 6.45) is 4.92. The van der Waals surface area contributed by atoms with E-state index in [2.05, 4.69) is 31.2 Å². The highest BCUT2D eigenvalue weighted by Crippen LogP contribution is 2.23. The quantitative estimate of drug-likeness (QED) is 0.691. The molecule has 4 rings (SSSR count). The molecule has 1 fully saturated rings. The van der Waals surface area contributed by atoms with Crippen molar-refractivity contribution in [2.75, 3.05) is 13.1 Å². The number of likely N-dealkylation sites (tertiary alicyclic amines) is 1. The number of aryl methyl sites for hydroxylation is 3. The summed E-state index contributed by atoms with van der Waals surface area (Å²) in [6.45, 7) is 7.23. The van der Waals surface area contributed by atoms with Gasteiger partial charge in [0.05, 0.1) is 11.4 Å². The molecule has 4 heterocycles. The molecule has 0 aliphatic carbocycles. The fraction of sp³-hybridized carbons (Fsp3) is 0.500.